The summed E-state index contributed by atoms with van der Waals surface area (Å²) < 4.78 is 22.7. The lowest BCUT2D eigenvalue weighted by Crippen LogP contribution is -2.67. The molecule has 10 heteroatoms. The highest BCUT2D eigenvalue weighted by atomic mass is 16.7. The van der Waals surface area contributed by atoms with Gasteiger partial charge in [-0.3, -0.25) is 0 Å². The van der Waals surface area contributed by atoms with E-state index in [1.54, 1.807) is 20.9 Å². The van der Waals surface area contributed by atoms with Gasteiger partial charge in [0.2, 0.25) is 0 Å². The topological polar surface area (TPSA) is 156 Å². The molecule has 2 rings (SSSR count). The van der Waals surface area contributed by atoms with E-state index in [1.807, 2.05) is 0 Å². The van der Waals surface area contributed by atoms with Gasteiger partial charge in [-0.15, -0.1) is 0 Å². The van der Waals surface area contributed by atoms with Gasteiger partial charge in [-0.2, -0.15) is 0 Å². The van der Waals surface area contributed by atoms with Crippen LogP contribution in [0, 0.1) is 5.92 Å². The molecule has 0 aromatic carbocycles. The van der Waals surface area contributed by atoms with Crippen LogP contribution in [0.5, 0.6) is 0 Å². The minimum atomic E-state index is -1.08. The first-order valence-corrected chi connectivity index (χ1v) is 8.98. The minimum Gasteiger partial charge on any atom is -0.394 e. The van der Waals surface area contributed by atoms with Crippen molar-refractivity contribution in [3.8, 4) is 0 Å². The van der Waals surface area contributed by atoms with E-state index in [-0.39, 0.29) is 12.5 Å². The molecule has 0 aliphatic carbocycles. The number of nitrogens with two attached hydrogens (primary N) is 1. The van der Waals surface area contributed by atoms with Crippen LogP contribution in [-0.4, -0.2) is 102 Å². The molecule has 0 aromatic rings. The Balaban J connectivity index is 2.15. The van der Waals surface area contributed by atoms with E-state index in [0.717, 1.165) is 0 Å². The molecule has 7 N–H and O–H groups in total. The van der Waals surface area contributed by atoms with Crippen molar-refractivity contribution >= 4 is 0 Å². The largest absolute Gasteiger partial charge is 0.394 e. The second kappa shape index (κ2) is 9.69. The minimum absolute atomic E-state index is 0.302. The normalized spacial score (nSPS) is 47.1. The third-order valence-electron chi connectivity index (χ3n) is 5.13. The maximum Gasteiger partial charge on any atom is 0.176 e. The highest BCUT2D eigenvalue weighted by molar-refractivity contribution is 4.96. The number of nitrogens with one attached hydrogen (secondary N) is 1. The first-order chi connectivity index (χ1) is 12.4. The molecule has 2 aliphatic rings. The molecule has 0 spiro atoms. The van der Waals surface area contributed by atoms with Gasteiger partial charge in [0.05, 0.1) is 37.5 Å². The Labute approximate surface area is 153 Å². The zero-order valence-electron chi connectivity index (χ0n) is 15.4. The van der Waals surface area contributed by atoms with E-state index in [4.69, 9.17) is 24.7 Å². The summed E-state index contributed by atoms with van der Waals surface area (Å²) in [5, 5.41) is 43.0. The van der Waals surface area contributed by atoms with Crippen LogP contribution in [0.1, 0.15) is 13.8 Å². The molecule has 0 bridgehead atoms. The molecule has 0 amide bonds. The van der Waals surface area contributed by atoms with Crippen LogP contribution in [0.4, 0.5) is 0 Å². The molecule has 4 unspecified atom stereocenters. The number of hydrogen-bond acceptors (Lipinski definition) is 10. The fraction of sp³-hybridized carbons (Fsp3) is 1.00. The SMILES string of the molecule is CCO[C@H]1OC(CO)[C@@H](O[C@@H]2OC(CO)[C@H](C)[C@H](O)C2N)C(O)[C@H]1NC. The molecule has 154 valence electrons. The third kappa shape index (κ3) is 4.36. The van der Waals surface area contributed by atoms with Crippen molar-refractivity contribution in [3.05, 3.63) is 0 Å². The summed E-state index contributed by atoms with van der Waals surface area (Å²) in [5.41, 5.74) is 6.01. The first-order valence-electron chi connectivity index (χ1n) is 8.98. The van der Waals surface area contributed by atoms with E-state index < -0.39 is 61.8 Å². The summed E-state index contributed by atoms with van der Waals surface area (Å²) in [6.45, 7) is 3.18. The molecule has 26 heavy (non-hydrogen) atoms. The van der Waals surface area contributed by atoms with Crippen LogP contribution in [0.25, 0.3) is 0 Å². The Kier molecular flexibility index (Phi) is 8.16. The fourth-order valence-electron chi connectivity index (χ4n) is 3.45. The zero-order valence-corrected chi connectivity index (χ0v) is 15.4. The zero-order chi connectivity index (χ0) is 19.4. The number of likely N-dealkylation sites (N-methyl/N-ethyl adjacent to an activating group) is 1. The molecule has 2 aliphatic heterocycles. The average Bonchev–Trinajstić information content (AvgIpc) is 2.64. The van der Waals surface area contributed by atoms with Crippen LogP contribution >= 0.6 is 0 Å². The van der Waals surface area contributed by atoms with Crippen molar-refractivity contribution in [1.82, 2.24) is 5.32 Å². The molecule has 0 radical (unpaired) electrons. The van der Waals surface area contributed by atoms with Gasteiger partial charge in [-0.25, -0.2) is 0 Å². The lowest BCUT2D eigenvalue weighted by molar-refractivity contribution is -0.326. The molecule has 2 heterocycles. The number of aliphatic hydroxyl groups is 4. The number of rotatable bonds is 7. The standard InChI is InChI=1S/C16H32N2O8/c1-4-23-16-11(18-3)13(22)14(9(6-20)25-16)26-15-10(17)12(21)7(2)8(5-19)24-15/h7-16,18-22H,4-6,17H2,1-3H3/t7-,8?,9?,10?,11+,12-,13?,14+,15-,16-/m0/s1. The molecule has 2 fully saturated rings. The summed E-state index contributed by atoms with van der Waals surface area (Å²) in [6.07, 6.45) is -6.35. The van der Waals surface area contributed by atoms with Crippen LogP contribution in [-0.2, 0) is 18.9 Å². The highest BCUT2D eigenvalue weighted by Crippen LogP contribution is 2.30. The molecular formula is C16H32N2O8. The summed E-state index contributed by atoms with van der Waals surface area (Å²) in [4.78, 5) is 0. The Morgan fingerprint density at radius 2 is 1.65 bits per heavy atom. The lowest BCUT2D eigenvalue weighted by Gasteiger charge is -2.47. The highest BCUT2D eigenvalue weighted by Gasteiger charge is 2.49. The van der Waals surface area contributed by atoms with Gasteiger partial charge in [-0.05, 0) is 14.0 Å². The van der Waals surface area contributed by atoms with Crippen molar-refractivity contribution in [2.24, 2.45) is 11.7 Å². The Morgan fingerprint density at radius 1 is 1.04 bits per heavy atom. The number of hydrogen-bond donors (Lipinski definition) is 6. The predicted octanol–water partition coefficient (Wildman–Crippen LogP) is -2.88. The van der Waals surface area contributed by atoms with Gasteiger partial charge in [0.15, 0.2) is 12.6 Å². The van der Waals surface area contributed by atoms with Crippen LogP contribution in [0.2, 0.25) is 0 Å². The summed E-state index contributed by atoms with van der Waals surface area (Å²) in [6, 6.07) is -1.47. The molecule has 0 saturated carbocycles. The maximum absolute atomic E-state index is 10.7. The monoisotopic (exact) mass is 380 g/mol. The maximum atomic E-state index is 10.7. The molecule has 10 nitrogen and oxygen atoms in total. The second-order valence-electron chi connectivity index (χ2n) is 6.74. The summed E-state index contributed by atoms with van der Waals surface area (Å²) in [7, 11) is 1.65. The van der Waals surface area contributed by atoms with Gasteiger partial charge in [0, 0.05) is 12.5 Å². The van der Waals surface area contributed by atoms with Crippen molar-refractivity contribution in [2.75, 3.05) is 26.9 Å². The van der Waals surface area contributed by atoms with Crippen molar-refractivity contribution in [2.45, 2.75) is 69.0 Å². The van der Waals surface area contributed by atoms with E-state index in [1.165, 1.54) is 0 Å². The smallest absolute Gasteiger partial charge is 0.176 e. The van der Waals surface area contributed by atoms with Gasteiger partial charge in [-0.1, -0.05) is 6.92 Å². The van der Waals surface area contributed by atoms with E-state index in [0.29, 0.717) is 6.61 Å². The second-order valence-corrected chi connectivity index (χ2v) is 6.74. The summed E-state index contributed by atoms with van der Waals surface area (Å²) in [5.74, 6) is -0.372. The van der Waals surface area contributed by atoms with Gasteiger partial charge >= 0.3 is 0 Å². The first kappa shape index (κ1) is 21.9. The van der Waals surface area contributed by atoms with E-state index in [2.05, 4.69) is 5.32 Å². The quantitative estimate of drug-likeness (QED) is 0.271. The fourth-order valence-corrected chi connectivity index (χ4v) is 3.45. The van der Waals surface area contributed by atoms with E-state index in [9.17, 15) is 20.4 Å². The summed E-state index contributed by atoms with van der Waals surface area (Å²) >= 11 is 0. The van der Waals surface area contributed by atoms with Gasteiger partial charge in [0.25, 0.3) is 0 Å². The number of aliphatic hydroxyl groups excluding tert-OH is 4. The molecule has 2 saturated heterocycles. The number of ether oxygens (including phenoxy) is 4. The van der Waals surface area contributed by atoms with Crippen molar-refractivity contribution in [3.63, 3.8) is 0 Å². The van der Waals surface area contributed by atoms with Crippen LogP contribution in [0.3, 0.4) is 0 Å². The predicted molar refractivity (Wildman–Crippen MR) is 90.0 cm³/mol. The Bertz CT molecular complexity index is 429. The van der Waals surface area contributed by atoms with Crippen molar-refractivity contribution < 1.29 is 39.4 Å². The molecule has 0 aromatic heterocycles. The van der Waals surface area contributed by atoms with E-state index >= 15 is 0 Å². The van der Waals surface area contributed by atoms with Crippen LogP contribution in [0.15, 0.2) is 0 Å². The molecule has 10 atom stereocenters. The Morgan fingerprint density at radius 3 is 2.19 bits per heavy atom. The third-order valence-corrected chi connectivity index (χ3v) is 5.13. The average molecular weight is 380 g/mol. The molecular weight excluding hydrogens is 348 g/mol. The lowest BCUT2D eigenvalue weighted by atomic mass is 9.89. The van der Waals surface area contributed by atoms with Gasteiger partial charge < -0.3 is 50.4 Å². The van der Waals surface area contributed by atoms with Crippen molar-refractivity contribution in [1.29, 1.82) is 0 Å². The Hall–Kier alpha value is -0.400. The van der Waals surface area contributed by atoms with Gasteiger partial charge in [0.1, 0.15) is 18.3 Å². The van der Waals surface area contributed by atoms with Crippen LogP contribution < -0.4 is 11.1 Å².